The van der Waals surface area contributed by atoms with E-state index in [1.807, 2.05) is 0 Å². The number of ether oxygens (including phenoxy) is 1. The molecule has 0 radical (unpaired) electrons. The Morgan fingerprint density at radius 1 is 1.40 bits per heavy atom. The van der Waals surface area contributed by atoms with Crippen molar-refractivity contribution in [2.75, 3.05) is 24.6 Å². The number of rotatable bonds is 4. The van der Waals surface area contributed by atoms with Gasteiger partial charge in [-0.25, -0.2) is 0 Å². The van der Waals surface area contributed by atoms with Crippen LogP contribution in [0.4, 0.5) is 5.69 Å². The molecule has 0 amide bonds. The third-order valence-corrected chi connectivity index (χ3v) is 4.59. The van der Waals surface area contributed by atoms with E-state index in [2.05, 4.69) is 30.0 Å². The summed E-state index contributed by atoms with van der Waals surface area (Å²) in [5.41, 5.74) is 10.1. The Kier molecular flexibility index (Phi) is 4.27. The van der Waals surface area contributed by atoms with Gasteiger partial charge in [-0.15, -0.1) is 0 Å². The first-order chi connectivity index (χ1) is 9.74. The van der Waals surface area contributed by atoms with Crippen LogP contribution in [-0.4, -0.2) is 25.8 Å². The second-order valence-electron chi connectivity index (χ2n) is 6.19. The highest BCUT2D eigenvalue weighted by Gasteiger charge is 2.20. The molecule has 3 rings (SSSR count). The molecule has 20 heavy (non-hydrogen) atoms. The maximum Gasteiger partial charge on any atom is 0.0592 e. The van der Waals surface area contributed by atoms with Crippen LogP contribution in [0.15, 0.2) is 18.2 Å². The van der Waals surface area contributed by atoms with E-state index in [0.29, 0.717) is 6.10 Å². The van der Waals surface area contributed by atoms with Crippen molar-refractivity contribution >= 4 is 5.69 Å². The lowest BCUT2D eigenvalue weighted by molar-refractivity contribution is 0.105. The van der Waals surface area contributed by atoms with Crippen LogP contribution in [0.25, 0.3) is 0 Å². The second-order valence-corrected chi connectivity index (χ2v) is 6.19. The number of hydrogen-bond acceptors (Lipinski definition) is 3. The zero-order valence-corrected chi connectivity index (χ0v) is 12.5. The van der Waals surface area contributed by atoms with Gasteiger partial charge in [-0.1, -0.05) is 12.1 Å². The molecule has 2 atom stereocenters. The summed E-state index contributed by atoms with van der Waals surface area (Å²) in [6.07, 6.45) is 6.56. The Morgan fingerprint density at radius 2 is 2.30 bits per heavy atom. The van der Waals surface area contributed by atoms with E-state index in [-0.39, 0.29) is 6.04 Å². The van der Waals surface area contributed by atoms with Crippen molar-refractivity contribution in [2.45, 2.75) is 51.2 Å². The first-order valence-electron chi connectivity index (χ1n) is 7.99. The first-order valence-corrected chi connectivity index (χ1v) is 7.99. The van der Waals surface area contributed by atoms with Crippen molar-refractivity contribution in [3.05, 3.63) is 29.3 Å². The van der Waals surface area contributed by atoms with Gasteiger partial charge in [0.2, 0.25) is 0 Å². The minimum Gasteiger partial charge on any atom is -0.378 e. The van der Waals surface area contributed by atoms with Crippen molar-refractivity contribution in [3.63, 3.8) is 0 Å². The fourth-order valence-electron chi connectivity index (χ4n) is 3.38. The SMILES string of the molecule is CC(N)c1ccc2c(c1)CCCN2CCC1CCCO1. The van der Waals surface area contributed by atoms with Crippen LogP contribution >= 0.6 is 0 Å². The molecule has 0 aromatic heterocycles. The summed E-state index contributed by atoms with van der Waals surface area (Å²) in [7, 11) is 0. The Hall–Kier alpha value is -1.06. The van der Waals surface area contributed by atoms with Crippen molar-refractivity contribution in [1.29, 1.82) is 0 Å². The fraction of sp³-hybridized carbons (Fsp3) is 0.647. The van der Waals surface area contributed by atoms with Gasteiger partial charge in [0.05, 0.1) is 6.10 Å². The first kappa shape index (κ1) is 13.9. The van der Waals surface area contributed by atoms with Gasteiger partial charge in [0.1, 0.15) is 0 Å². The molecule has 1 saturated heterocycles. The normalized spacial score (nSPS) is 23.7. The van der Waals surface area contributed by atoms with E-state index in [0.717, 1.165) is 19.6 Å². The summed E-state index contributed by atoms with van der Waals surface area (Å²) in [5.74, 6) is 0. The maximum atomic E-state index is 5.99. The lowest BCUT2D eigenvalue weighted by atomic mass is 9.96. The zero-order valence-electron chi connectivity index (χ0n) is 12.5. The highest BCUT2D eigenvalue weighted by atomic mass is 16.5. The van der Waals surface area contributed by atoms with E-state index in [1.165, 1.54) is 49.0 Å². The van der Waals surface area contributed by atoms with Gasteiger partial charge in [0, 0.05) is 31.4 Å². The number of hydrogen-bond donors (Lipinski definition) is 1. The zero-order chi connectivity index (χ0) is 13.9. The van der Waals surface area contributed by atoms with E-state index >= 15 is 0 Å². The molecule has 0 saturated carbocycles. The van der Waals surface area contributed by atoms with Crippen LogP contribution in [0.1, 0.15) is 49.8 Å². The summed E-state index contributed by atoms with van der Waals surface area (Å²) in [5, 5.41) is 0. The van der Waals surface area contributed by atoms with E-state index in [9.17, 15) is 0 Å². The molecule has 3 heteroatoms. The predicted molar refractivity (Wildman–Crippen MR) is 83.2 cm³/mol. The number of anilines is 1. The third kappa shape index (κ3) is 2.99. The van der Waals surface area contributed by atoms with Gasteiger partial charge in [0.15, 0.2) is 0 Å². The van der Waals surface area contributed by atoms with Gasteiger partial charge in [-0.05, 0) is 56.2 Å². The molecule has 1 aromatic carbocycles. The van der Waals surface area contributed by atoms with Crippen LogP contribution < -0.4 is 10.6 Å². The molecule has 0 bridgehead atoms. The summed E-state index contributed by atoms with van der Waals surface area (Å²) < 4.78 is 5.74. The standard InChI is InChI=1S/C17H26N2O/c1-13(18)14-6-7-17-15(12-14)4-2-9-19(17)10-8-16-5-3-11-20-16/h6-7,12-13,16H,2-5,8-11,18H2,1H3. The van der Waals surface area contributed by atoms with Gasteiger partial charge in [-0.2, -0.15) is 0 Å². The molecule has 2 unspecified atom stereocenters. The van der Waals surface area contributed by atoms with Gasteiger partial charge < -0.3 is 15.4 Å². The molecule has 0 spiro atoms. The summed E-state index contributed by atoms with van der Waals surface area (Å²) in [4.78, 5) is 2.53. The topological polar surface area (TPSA) is 38.5 Å². The number of fused-ring (bicyclic) bond motifs is 1. The minimum atomic E-state index is 0.127. The molecule has 1 aromatic rings. The smallest absolute Gasteiger partial charge is 0.0592 e. The molecular weight excluding hydrogens is 248 g/mol. The van der Waals surface area contributed by atoms with Gasteiger partial charge in [-0.3, -0.25) is 0 Å². The Balaban J connectivity index is 1.69. The minimum absolute atomic E-state index is 0.127. The average Bonchev–Trinajstić information content (AvgIpc) is 2.97. The number of benzene rings is 1. The van der Waals surface area contributed by atoms with Crippen molar-refractivity contribution in [1.82, 2.24) is 0 Å². The molecular formula is C17H26N2O. The predicted octanol–water partition coefficient (Wildman–Crippen LogP) is 3.03. The summed E-state index contributed by atoms with van der Waals surface area (Å²) >= 11 is 0. The second kappa shape index (κ2) is 6.15. The third-order valence-electron chi connectivity index (χ3n) is 4.59. The molecule has 2 aliphatic rings. The van der Waals surface area contributed by atoms with E-state index in [4.69, 9.17) is 10.5 Å². The number of aryl methyl sites for hydroxylation is 1. The molecule has 2 heterocycles. The van der Waals surface area contributed by atoms with E-state index in [1.54, 1.807) is 0 Å². The van der Waals surface area contributed by atoms with Gasteiger partial charge >= 0.3 is 0 Å². The van der Waals surface area contributed by atoms with E-state index < -0.39 is 0 Å². The fourth-order valence-corrected chi connectivity index (χ4v) is 3.38. The highest BCUT2D eigenvalue weighted by molar-refractivity contribution is 5.57. The molecule has 2 N–H and O–H groups in total. The van der Waals surface area contributed by atoms with Crippen molar-refractivity contribution in [2.24, 2.45) is 5.73 Å². The molecule has 110 valence electrons. The largest absolute Gasteiger partial charge is 0.378 e. The van der Waals surface area contributed by atoms with Crippen LogP contribution in [0.5, 0.6) is 0 Å². The molecule has 1 fully saturated rings. The summed E-state index contributed by atoms with van der Waals surface area (Å²) in [6.45, 7) is 5.31. The Labute approximate surface area is 122 Å². The number of nitrogens with zero attached hydrogens (tertiary/aromatic N) is 1. The molecule has 3 nitrogen and oxygen atoms in total. The van der Waals surface area contributed by atoms with Crippen LogP contribution in [0, 0.1) is 0 Å². The highest BCUT2D eigenvalue weighted by Crippen LogP contribution is 2.30. The Morgan fingerprint density at radius 3 is 3.05 bits per heavy atom. The molecule has 0 aliphatic carbocycles. The Bertz CT molecular complexity index is 452. The maximum absolute atomic E-state index is 5.99. The van der Waals surface area contributed by atoms with Crippen molar-refractivity contribution in [3.8, 4) is 0 Å². The van der Waals surface area contributed by atoms with Crippen molar-refractivity contribution < 1.29 is 4.74 Å². The lowest BCUT2D eigenvalue weighted by Crippen LogP contribution is -2.32. The van der Waals surface area contributed by atoms with Crippen LogP contribution in [0.2, 0.25) is 0 Å². The monoisotopic (exact) mass is 274 g/mol. The van der Waals surface area contributed by atoms with Gasteiger partial charge in [0.25, 0.3) is 0 Å². The van der Waals surface area contributed by atoms with Crippen LogP contribution in [0.3, 0.4) is 0 Å². The number of nitrogens with two attached hydrogens (primary N) is 1. The summed E-state index contributed by atoms with van der Waals surface area (Å²) in [6, 6.07) is 6.89. The molecule has 2 aliphatic heterocycles. The van der Waals surface area contributed by atoms with Crippen LogP contribution in [-0.2, 0) is 11.2 Å². The average molecular weight is 274 g/mol. The quantitative estimate of drug-likeness (QED) is 0.917. The lowest BCUT2D eigenvalue weighted by Gasteiger charge is -2.32.